The summed E-state index contributed by atoms with van der Waals surface area (Å²) in [5, 5.41) is 0. The number of ether oxygens (including phenoxy) is 1. The predicted molar refractivity (Wildman–Crippen MR) is 47.9 cm³/mol. The molecule has 0 unspecified atom stereocenters. The van der Waals surface area contributed by atoms with Crippen LogP contribution in [0.5, 0.6) is 0 Å². The van der Waals surface area contributed by atoms with Crippen LogP contribution in [-0.4, -0.2) is 24.0 Å². The molecule has 0 fully saturated rings. The number of carbonyl (C=O) groups is 1. The molecule has 0 aromatic rings. The van der Waals surface area contributed by atoms with Crippen LogP contribution >= 0.6 is 11.9 Å². The quantitative estimate of drug-likeness (QED) is 0.364. The minimum absolute atomic E-state index is 0.0462. The first-order chi connectivity index (χ1) is 4.95. The topological polar surface area (TPSA) is 38.7 Å². The van der Waals surface area contributed by atoms with E-state index >= 15 is 0 Å². The fraction of sp³-hybridized carbons (Fsp3) is 0.714. The Morgan fingerprint density at radius 2 is 2.09 bits per heavy atom. The molecule has 0 aromatic heterocycles. The monoisotopic (exact) mass is 175 g/mol. The Hall–Kier alpha value is -0.510. The van der Waals surface area contributed by atoms with Crippen molar-refractivity contribution >= 4 is 24.1 Å². The highest BCUT2D eigenvalue weighted by atomic mass is 32.2. The Labute approximate surface area is 71.4 Å². The summed E-state index contributed by atoms with van der Waals surface area (Å²) in [5.74, 6) is -0.415. The van der Waals surface area contributed by atoms with Gasteiger partial charge in [0, 0.05) is 4.75 Å². The van der Waals surface area contributed by atoms with E-state index in [4.69, 9.17) is 0 Å². The van der Waals surface area contributed by atoms with Crippen LogP contribution in [0.15, 0.2) is 4.40 Å². The second kappa shape index (κ2) is 4.38. The van der Waals surface area contributed by atoms with Gasteiger partial charge in [0.05, 0.1) is 7.11 Å². The third-order valence-electron chi connectivity index (χ3n) is 0.686. The number of rotatable bonds is 2. The van der Waals surface area contributed by atoms with E-state index in [1.165, 1.54) is 25.3 Å². The van der Waals surface area contributed by atoms with Crippen LogP contribution in [0.2, 0.25) is 0 Å². The second-order valence-electron chi connectivity index (χ2n) is 2.96. The van der Waals surface area contributed by atoms with Crippen molar-refractivity contribution in [1.29, 1.82) is 0 Å². The highest BCUT2D eigenvalue weighted by molar-refractivity contribution is 7.99. The summed E-state index contributed by atoms with van der Waals surface area (Å²) in [4.78, 5) is 10.5. The zero-order valence-corrected chi connectivity index (χ0v) is 8.07. The first-order valence-corrected chi connectivity index (χ1v) is 4.02. The molecule has 0 atom stereocenters. The Balaban J connectivity index is 3.70. The van der Waals surface area contributed by atoms with E-state index in [-0.39, 0.29) is 4.75 Å². The van der Waals surface area contributed by atoms with Crippen molar-refractivity contribution in [2.24, 2.45) is 4.40 Å². The van der Waals surface area contributed by atoms with Crippen LogP contribution in [0.25, 0.3) is 0 Å². The maximum atomic E-state index is 10.5. The lowest BCUT2D eigenvalue weighted by molar-refractivity contribution is -0.132. The molecule has 0 aliphatic carbocycles. The maximum Gasteiger partial charge on any atom is 0.349 e. The molecule has 64 valence electrons. The van der Waals surface area contributed by atoms with Crippen molar-refractivity contribution in [2.75, 3.05) is 7.11 Å². The SMILES string of the molecule is COC(=O)C=NSC(C)(C)C. The first kappa shape index (κ1) is 10.5. The largest absolute Gasteiger partial charge is 0.465 e. The molecule has 11 heavy (non-hydrogen) atoms. The molecule has 0 amide bonds. The minimum Gasteiger partial charge on any atom is -0.465 e. The normalized spacial score (nSPS) is 12.0. The summed E-state index contributed by atoms with van der Waals surface area (Å²) < 4.78 is 8.24. The Kier molecular flexibility index (Phi) is 4.18. The van der Waals surface area contributed by atoms with Gasteiger partial charge in [0.25, 0.3) is 0 Å². The Morgan fingerprint density at radius 3 is 2.45 bits per heavy atom. The first-order valence-electron chi connectivity index (χ1n) is 3.25. The molecule has 0 aromatic carbocycles. The molecule has 0 saturated carbocycles. The second-order valence-corrected chi connectivity index (χ2v) is 4.58. The van der Waals surface area contributed by atoms with E-state index in [9.17, 15) is 4.79 Å². The fourth-order valence-electron chi connectivity index (χ4n) is 0.280. The minimum atomic E-state index is -0.415. The van der Waals surface area contributed by atoms with E-state index < -0.39 is 5.97 Å². The van der Waals surface area contributed by atoms with E-state index in [2.05, 4.69) is 9.13 Å². The molecule has 0 heterocycles. The van der Waals surface area contributed by atoms with E-state index in [0.717, 1.165) is 0 Å². The van der Waals surface area contributed by atoms with Gasteiger partial charge < -0.3 is 4.74 Å². The third-order valence-corrected chi connectivity index (χ3v) is 1.44. The Morgan fingerprint density at radius 1 is 1.55 bits per heavy atom. The molecule has 0 aliphatic rings. The van der Waals surface area contributed by atoms with Gasteiger partial charge in [0.1, 0.15) is 6.21 Å². The van der Waals surface area contributed by atoms with Gasteiger partial charge in [0.2, 0.25) is 0 Å². The van der Waals surface area contributed by atoms with Crippen molar-refractivity contribution < 1.29 is 9.53 Å². The standard InChI is InChI=1S/C7H13NO2S/c1-7(2,3)11-8-5-6(9)10-4/h5H,1-4H3. The van der Waals surface area contributed by atoms with Crippen molar-refractivity contribution in [3.05, 3.63) is 0 Å². The summed E-state index contributed by atoms with van der Waals surface area (Å²) in [6, 6.07) is 0. The molecule has 0 radical (unpaired) electrons. The fourth-order valence-corrected chi connectivity index (χ4v) is 0.735. The summed E-state index contributed by atoms with van der Waals surface area (Å²) in [6.07, 6.45) is 1.18. The number of esters is 1. The van der Waals surface area contributed by atoms with Gasteiger partial charge in [-0.3, -0.25) is 0 Å². The Bertz CT molecular complexity index is 160. The predicted octanol–water partition coefficient (Wildman–Crippen LogP) is 1.68. The molecular formula is C7H13NO2S. The number of hydrogen-bond acceptors (Lipinski definition) is 4. The van der Waals surface area contributed by atoms with Crippen LogP contribution < -0.4 is 0 Å². The molecule has 0 spiro atoms. The summed E-state index contributed by atoms with van der Waals surface area (Å²) in [7, 11) is 1.33. The van der Waals surface area contributed by atoms with Crippen LogP contribution in [0.3, 0.4) is 0 Å². The van der Waals surface area contributed by atoms with Crippen LogP contribution in [0.4, 0.5) is 0 Å². The van der Waals surface area contributed by atoms with E-state index in [1.54, 1.807) is 0 Å². The van der Waals surface area contributed by atoms with Gasteiger partial charge >= 0.3 is 5.97 Å². The molecule has 3 nitrogen and oxygen atoms in total. The lowest BCUT2D eigenvalue weighted by atomic mass is 10.3. The summed E-state index contributed by atoms with van der Waals surface area (Å²) in [6.45, 7) is 6.06. The average Bonchev–Trinajstić information content (AvgIpc) is 1.85. The van der Waals surface area contributed by atoms with Crippen molar-refractivity contribution in [2.45, 2.75) is 25.5 Å². The van der Waals surface area contributed by atoms with Gasteiger partial charge in [-0.15, -0.1) is 0 Å². The molecule has 0 bridgehead atoms. The number of carbonyl (C=O) groups excluding carboxylic acids is 1. The average molecular weight is 175 g/mol. The maximum absolute atomic E-state index is 10.5. The zero-order chi connectivity index (χ0) is 8.91. The zero-order valence-electron chi connectivity index (χ0n) is 7.25. The van der Waals surface area contributed by atoms with E-state index in [1.807, 2.05) is 20.8 Å². The number of nitrogens with zero attached hydrogens (tertiary/aromatic N) is 1. The van der Waals surface area contributed by atoms with Crippen LogP contribution in [-0.2, 0) is 9.53 Å². The summed E-state index contributed by atoms with van der Waals surface area (Å²) >= 11 is 1.35. The highest BCUT2D eigenvalue weighted by Gasteiger charge is 2.09. The number of hydrogen-bond donors (Lipinski definition) is 0. The lowest BCUT2D eigenvalue weighted by Gasteiger charge is -2.11. The molecule has 0 aliphatic heterocycles. The van der Waals surface area contributed by atoms with Crippen molar-refractivity contribution in [3.63, 3.8) is 0 Å². The molecular weight excluding hydrogens is 162 g/mol. The highest BCUT2D eigenvalue weighted by Crippen LogP contribution is 2.23. The van der Waals surface area contributed by atoms with Gasteiger partial charge in [-0.1, -0.05) is 0 Å². The molecule has 0 saturated heterocycles. The van der Waals surface area contributed by atoms with Crippen LogP contribution in [0.1, 0.15) is 20.8 Å². The van der Waals surface area contributed by atoms with Crippen molar-refractivity contribution in [1.82, 2.24) is 0 Å². The smallest absolute Gasteiger partial charge is 0.349 e. The third kappa shape index (κ3) is 7.39. The van der Waals surface area contributed by atoms with Gasteiger partial charge in [-0.2, -0.15) is 0 Å². The van der Waals surface area contributed by atoms with Crippen molar-refractivity contribution in [3.8, 4) is 0 Å². The van der Waals surface area contributed by atoms with Gasteiger partial charge in [-0.05, 0) is 32.7 Å². The molecule has 0 rings (SSSR count). The lowest BCUT2D eigenvalue weighted by Crippen LogP contribution is -2.06. The molecule has 4 heteroatoms. The van der Waals surface area contributed by atoms with Gasteiger partial charge in [-0.25, -0.2) is 9.19 Å². The van der Waals surface area contributed by atoms with Gasteiger partial charge in [0.15, 0.2) is 0 Å². The summed E-state index contributed by atoms with van der Waals surface area (Å²) in [5.41, 5.74) is 0. The number of methoxy groups -OCH3 is 1. The molecule has 0 N–H and O–H groups in total. The van der Waals surface area contributed by atoms with Crippen LogP contribution in [0, 0.1) is 0 Å². The van der Waals surface area contributed by atoms with E-state index in [0.29, 0.717) is 0 Å².